The molecular weight excluding hydrogens is 413 g/mol. The van der Waals surface area contributed by atoms with Crippen molar-refractivity contribution in [2.75, 3.05) is 11.1 Å². The van der Waals surface area contributed by atoms with Gasteiger partial charge in [-0.2, -0.15) is 13.2 Å². The number of nitrogens with zero attached hydrogens (tertiary/aromatic N) is 1. The smallest absolute Gasteiger partial charge is 0.379 e. The van der Waals surface area contributed by atoms with Crippen LogP contribution in [0.2, 0.25) is 0 Å². The van der Waals surface area contributed by atoms with Crippen molar-refractivity contribution in [3.8, 4) is 0 Å². The molecule has 1 heterocycles. The van der Waals surface area contributed by atoms with E-state index in [1.807, 2.05) is 0 Å². The van der Waals surface area contributed by atoms with Crippen molar-refractivity contribution >= 4 is 28.5 Å². The highest BCUT2D eigenvalue weighted by Crippen LogP contribution is 2.37. The standard InChI is InChI=1S/C19H16F5N3OS/c1-18(6-7-29-17(25)27-18)10-2-5-14(21)15(9-10)26-16(28)12-8-11(19(22,23)24)3-4-13(12)20/h2-5,8-9H,6-7H2,1H3,(H2,25,27)(H,26,28). The molecule has 0 bridgehead atoms. The predicted octanol–water partition coefficient (Wildman–Crippen LogP) is 4.90. The summed E-state index contributed by atoms with van der Waals surface area (Å²) in [6.07, 6.45) is -4.14. The molecule has 0 radical (unpaired) electrons. The van der Waals surface area contributed by atoms with E-state index in [1.165, 1.54) is 23.9 Å². The van der Waals surface area contributed by atoms with Gasteiger partial charge in [0.2, 0.25) is 0 Å². The molecular formula is C19H16F5N3OS. The summed E-state index contributed by atoms with van der Waals surface area (Å²) in [6, 6.07) is 5.37. The molecule has 1 aliphatic rings. The van der Waals surface area contributed by atoms with E-state index in [1.54, 1.807) is 6.92 Å². The summed E-state index contributed by atoms with van der Waals surface area (Å²) < 4.78 is 66.7. The Labute approximate surface area is 167 Å². The van der Waals surface area contributed by atoms with Crippen LogP contribution in [-0.4, -0.2) is 16.8 Å². The first kappa shape index (κ1) is 21.1. The summed E-state index contributed by atoms with van der Waals surface area (Å²) in [5, 5.41) is 2.52. The molecule has 154 valence electrons. The Hall–Kier alpha value is -2.62. The lowest BCUT2D eigenvalue weighted by Crippen LogP contribution is -2.29. The van der Waals surface area contributed by atoms with Gasteiger partial charge in [-0.3, -0.25) is 9.79 Å². The van der Waals surface area contributed by atoms with Crippen LogP contribution in [0.25, 0.3) is 0 Å². The average Bonchev–Trinajstić information content (AvgIpc) is 2.62. The van der Waals surface area contributed by atoms with Crippen LogP contribution in [0.15, 0.2) is 41.4 Å². The second-order valence-electron chi connectivity index (χ2n) is 6.66. The van der Waals surface area contributed by atoms with Gasteiger partial charge in [-0.25, -0.2) is 8.78 Å². The minimum absolute atomic E-state index is 0.294. The Balaban J connectivity index is 1.93. The summed E-state index contributed by atoms with van der Waals surface area (Å²) in [4.78, 5) is 16.7. The Kier molecular flexibility index (Phi) is 5.57. The lowest BCUT2D eigenvalue weighted by Gasteiger charge is -2.30. The molecule has 0 aromatic heterocycles. The summed E-state index contributed by atoms with van der Waals surface area (Å²) in [6.45, 7) is 1.80. The zero-order valence-corrected chi connectivity index (χ0v) is 15.9. The third-order valence-electron chi connectivity index (χ3n) is 4.57. The maximum absolute atomic E-state index is 14.2. The van der Waals surface area contributed by atoms with Gasteiger partial charge in [0.25, 0.3) is 5.91 Å². The van der Waals surface area contributed by atoms with Crippen LogP contribution < -0.4 is 11.1 Å². The van der Waals surface area contributed by atoms with E-state index in [2.05, 4.69) is 10.3 Å². The maximum atomic E-state index is 14.2. The van der Waals surface area contributed by atoms with Gasteiger partial charge in [-0.15, -0.1) is 0 Å². The van der Waals surface area contributed by atoms with E-state index in [9.17, 15) is 26.7 Å². The third-order valence-corrected chi connectivity index (χ3v) is 5.37. The molecule has 1 atom stereocenters. The Bertz CT molecular complexity index is 992. The topological polar surface area (TPSA) is 67.5 Å². The Morgan fingerprint density at radius 1 is 1.17 bits per heavy atom. The first-order valence-corrected chi connectivity index (χ1v) is 9.44. The largest absolute Gasteiger partial charge is 0.416 e. The van der Waals surface area contributed by atoms with E-state index in [0.29, 0.717) is 41.1 Å². The Morgan fingerprint density at radius 3 is 2.52 bits per heavy atom. The first-order chi connectivity index (χ1) is 13.5. The van der Waals surface area contributed by atoms with E-state index in [4.69, 9.17) is 5.73 Å². The van der Waals surface area contributed by atoms with Gasteiger partial charge in [0.15, 0.2) is 5.17 Å². The number of amidine groups is 1. The summed E-state index contributed by atoms with van der Waals surface area (Å²) in [5.41, 5.74) is 3.27. The van der Waals surface area contributed by atoms with Crippen molar-refractivity contribution < 1.29 is 26.7 Å². The maximum Gasteiger partial charge on any atom is 0.416 e. The summed E-state index contributed by atoms with van der Waals surface area (Å²) in [5.74, 6) is -2.47. The highest BCUT2D eigenvalue weighted by molar-refractivity contribution is 8.13. The van der Waals surface area contributed by atoms with Crippen LogP contribution in [0.3, 0.4) is 0 Å². The summed E-state index contributed by atoms with van der Waals surface area (Å²) in [7, 11) is 0. The number of nitrogens with two attached hydrogens (primary N) is 1. The molecule has 1 amide bonds. The average molecular weight is 429 g/mol. The van der Waals surface area contributed by atoms with E-state index in [-0.39, 0.29) is 5.69 Å². The summed E-state index contributed by atoms with van der Waals surface area (Å²) >= 11 is 1.39. The number of aliphatic imine (C=N–C) groups is 1. The molecule has 1 aliphatic heterocycles. The van der Waals surface area contributed by atoms with E-state index < -0.39 is 40.4 Å². The Morgan fingerprint density at radius 2 is 1.86 bits per heavy atom. The van der Waals surface area contributed by atoms with Crippen molar-refractivity contribution in [2.45, 2.75) is 25.1 Å². The fourth-order valence-electron chi connectivity index (χ4n) is 2.92. The molecule has 3 N–H and O–H groups in total. The minimum atomic E-state index is -4.75. The van der Waals surface area contributed by atoms with Crippen LogP contribution >= 0.6 is 11.8 Å². The van der Waals surface area contributed by atoms with Gasteiger partial charge in [0.1, 0.15) is 11.6 Å². The molecule has 4 nitrogen and oxygen atoms in total. The lowest BCUT2D eigenvalue weighted by molar-refractivity contribution is -0.137. The van der Waals surface area contributed by atoms with Gasteiger partial charge in [-0.1, -0.05) is 17.8 Å². The minimum Gasteiger partial charge on any atom is -0.379 e. The quantitative estimate of drug-likeness (QED) is 0.682. The second-order valence-corrected chi connectivity index (χ2v) is 7.78. The molecule has 0 aliphatic carbocycles. The first-order valence-electron chi connectivity index (χ1n) is 8.46. The fraction of sp³-hybridized carbons (Fsp3) is 0.263. The van der Waals surface area contributed by atoms with Crippen LogP contribution in [-0.2, 0) is 11.7 Å². The number of carbonyl (C=O) groups excluding carboxylic acids is 1. The molecule has 10 heteroatoms. The number of hydrogen-bond acceptors (Lipinski definition) is 4. The molecule has 1 unspecified atom stereocenters. The van der Waals surface area contributed by atoms with Crippen LogP contribution in [0.5, 0.6) is 0 Å². The number of nitrogens with one attached hydrogen (secondary N) is 1. The van der Waals surface area contributed by atoms with Gasteiger partial charge in [-0.05, 0) is 49.2 Å². The molecule has 0 saturated heterocycles. The number of thioether (sulfide) groups is 1. The molecule has 0 fully saturated rings. The van der Waals surface area contributed by atoms with Crippen molar-refractivity contribution in [3.05, 3.63) is 64.7 Å². The van der Waals surface area contributed by atoms with Crippen molar-refractivity contribution in [2.24, 2.45) is 10.7 Å². The molecule has 0 spiro atoms. The highest BCUT2D eigenvalue weighted by atomic mass is 32.2. The third kappa shape index (κ3) is 4.52. The predicted molar refractivity (Wildman–Crippen MR) is 102 cm³/mol. The van der Waals surface area contributed by atoms with E-state index >= 15 is 0 Å². The van der Waals surface area contributed by atoms with Crippen molar-refractivity contribution in [1.82, 2.24) is 0 Å². The van der Waals surface area contributed by atoms with Gasteiger partial charge in [0.05, 0.1) is 22.4 Å². The number of amides is 1. The number of alkyl halides is 3. The van der Waals surface area contributed by atoms with Crippen LogP contribution in [0.4, 0.5) is 27.6 Å². The van der Waals surface area contributed by atoms with Gasteiger partial charge in [0, 0.05) is 5.75 Å². The molecule has 0 saturated carbocycles. The molecule has 29 heavy (non-hydrogen) atoms. The highest BCUT2D eigenvalue weighted by Gasteiger charge is 2.33. The number of carbonyl (C=O) groups is 1. The van der Waals surface area contributed by atoms with Crippen molar-refractivity contribution in [1.29, 1.82) is 0 Å². The van der Waals surface area contributed by atoms with Crippen LogP contribution in [0, 0.1) is 11.6 Å². The fourth-order valence-corrected chi connectivity index (χ4v) is 3.89. The number of benzene rings is 2. The zero-order valence-electron chi connectivity index (χ0n) is 15.1. The van der Waals surface area contributed by atoms with E-state index in [0.717, 1.165) is 6.07 Å². The lowest BCUT2D eigenvalue weighted by atomic mass is 9.89. The van der Waals surface area contributed by atoms with Crippen LogP contribution in [0.1, 0.15) is 34.8 Å². The van der Waals surface area contributed by atoms with Gasteiger partial charge >= 0.3 is 6.18 Å². The second kappa shape index (κ2) is 7.66. The monoisotopic (exact) mass is 429 g/mol. The zero-order chi connectivity index (χ0) is 21.4. The number of anilines is 1. The number of halogens is 5. The number of rotatable bonds is 3. The molecule has 3 rings (SSSR count). The SMILES string of the molecule is CC1(c2ccc(F)c(NC(=O)c3cc(C(F)(F)F)ccc3F)c2)CCSC(N)=N1. The van der Waals surface area contributed by atoms with Gasteiger partial charge < -0.3 is 11.1 Å². The molecule has 2 aromatic rings. The normalized spacial score (nSPS) is 19.6. The van der Waals surface area contributed by atoms with Crippen molar-refractivity contribution in [3.63, 3.8) is 0 Å². The molecule has 2 aromatic carbocycles. The number of hydrogen-bond donors (Lipinski definition) is 2.